The zero-order valence-electron chi connectivity index (χ0n) is 12.2. The molecule has 3 nitrogen and oxygen atoms in total. The molecule has 1 heterocycles. The minimum Gasteiger partial charge on any atom is -0.329 e. The van der Waals surface area contributed by atoms with Crippen molar-refractivity contribution in [1.29, 1.82) is 0 Å². The maximum Gasteiger partial charge on any atom is 0.0705 e. The number of hydrogen-bond acceptors (Lipinski definition) is 3. The van der Waals surface area contributed by atoms with Gasteiger partial charge in [-0.05, 0) is 32.0 Å². The Kier molecular flexibility index (Phi) is 3.72. The first-order valence-corrected chi connectivity index (χ1v) is 7.49. The summed E-state index contributed by atoms with van der Waals surface area (Å²) < 4.78 is 0. The van der Waals surface area contributed by atoms with Crippen LogP contribution >= 0.6 is 0 Å². The van der Waals surface area contributed by atoms with Gasteiger partial charge in [0.1, 0.15) is 0 Å². The van der Waals surface area contributed by atoms with Crippen molar-refractivity contribution in [1.82, 2.24) is 9.88 Å². The molecular formula is C17H23N3. The van der Waals surface area contributed by atoms with Crippen LogP contribution in [0.3, 0.4) is 0 Å². The van der Waals surface area contributed by atoms with E-state index in [9.17, 15) is 0 Å². The fraction of sp³-hybridized carbons (Fsp3) is 0.471. The first kappa shape index (κ1) is 13.5. The van der Waals surface area contributed by atoms with Crippen molar-refractivity contribution in [2.24, 2.45) is 5.73 Å². The average Bonchev–Trinajstić information content (AvgIpc) is 2.97. The summed E-state index contributed by atoms with van der Waals surface area (Å²) in [5.74, 6) is 0. The highest BCUT2D eigenvalue weighted by atomic mass is 15.2. The molecule has 1 aromatic carbocycles. The number of nitrogens with two attached hydrogens (primary N) is 1. The van der Waals surface area contributed by atoms with E-state index in [4.69, 9.17) is 10.7 Å². The number of likely N-dealkylation sites (N-methyl/N-ethyl adjacent to an activating group) is 1. The van der Waals surface area contributed by atoms with E-state index in [-0.39, 0.29) is 5.54 Å². The molecule has 0 spiro atoms. The molecule has 0 amide bonds. The van der Waals surface area contributed by atoms with Gasteiger partial charge in [-0.3, -0.25) is 9.88 Å². The van der Waals surface area contributed by atoms with Crippen LogP contribution in [0.2, 0.25) is 0 Å². The van der Waals surface area contributed by atoms with Gasteiger partial charge in [-0.1, -0.05) is 37.1 Å². The van der Waals surface area contributed by atoms with Crippen LogP contribution in [0.25, 0.3) is 10.9 Å². The smallest absolute Gasteiger partial charge is 0.0705 e. The predicted molar refractivity (Wildman–Crippen MR) is 83.5 cm³/mol. The molecule has 0 unspecified atom stereocenters. The summed E-state index contributed by atoms with van der Waals surface area (Å²) in [5.41, 5.74) is 8.45. The highest BCUT2D eigenvalue weighted by Crippen LogP contribution is 2.34. The predicted octanol–water partition coefficient (Wildman–Crippen LogP) is 2.94. The Bertz CT molecular complexity index is 588. The average molecular weight is 269 g/mol. The van der Waals surface area contributed by atoms with Crippen LogP contribution in [0, 0.1) is 0 Å². The van der Waals surface area contributed by atoms with Crippen LogP contribution in [0.1, 0.15) is 31.4 Å². The quantitative estimate of drug-likeness (QED) is 0.928. The minimum absolute atomic E-state index is 0.188. The number of hydrogen-bond donors (Lipinski definition) is 1. The van der Waals surface area contributed by atoms with E-state index in [2.05, 4.69) is 42.3 Å². The summed E-state index contributed by atoms with van der Waals surface area (Å²) in [6.07, 6.45) is 5.03. The van der Waals surface area contributed by atoms with Gasteiger partial charge in [0.15, 0.2) is 0 Å². The molecule has 0 bridgehead atoms. The maximum absolute atomic E-state index is 6.05. The van der Waals surface area contributed by atoms with Gasteiger partial charge >= 0.3 is 0 Å². The normalized spacial score (nSPS) is 17.9. The van der Waals surface area contributed by atoms with Gasteiger partial charge in [0, 0.05) is 24.0 Å². The van der Waals surface area contributed by atoms with Crippen molar-refractivity contribution >= 4 is 10.9 Å². The molecule has 3 heteroatoms. The second kappa shape index (κ2) is 5.51. The van der Waals surface area contributed by atoms with Crippen molar-refractivity contribution in [3.05, 3.63) is 42.1 Å². The molecule has 20 heavy (non-hydrogen) atoms. The molecule has 0 aliphatic heterocycles. The van der Waals surface area contributed by atoms with Crippen molar-refractivity contribution in [2.45, 2.75) is 37.8 Å². The summed E-state index contributed by atoms with van der Waals surface area (Å²) in [6.45, 7) is 1.62. The first-order chi connectivity index (χ1) is 9.73. The molecule has 2 aromatic rings. The maximum atomic E-state index is 6.05. The Morgan fingerprint density at radius 2 is 1.90 bits per heavy atom. The third kappa shape index (κ3) is 2.43. The topological polar surface area (TPSA) is 42.2 Å². The van der Waals surface area contributed by atoms with Gasteiger partial charge in [0.25, 0.3) is 0 Å². The highest BCUT2D eigenvalue weighted by molar-refractivity contribution is 5.78. The lowest BCUT2D eigenvalue weighted by Gasteiger charge is -2.37. The van der Waals surface area contributed by atoms with Crippen molar-refractivity contribution in [3.63, 3.8) is 0 Å². The van der Waals surface area contributed by atoms with E-state index in [0.29, 0.717) is 0 Å². The Labute approximate surface area is 120 Å². The molecule has 3 rings (SSSR count). The number of nitrogens with zero attached hydrogens (tertiary/aromatic N) is 2. The van der Waals surface area contributed by atoms with E-state index in [1.165, 1.54) is 31.1 Å². The van der Waals surface area contributed by atoms with Gasteiger partial charge in [-0.2, -0.15) is 0 Å². The largest absolute Gasteiger partial charge is 0.329 e. The zero-order valence-corrected chi connectivity index (χ0v) is 12.2. The zero-order chi connectivity index (χ0) is 14.0. The first-order valence-electron chi connectivity index (χ1n) is 7.49. The number of fused-ring (bicyclic) bond motifs is 1. The van der Waals surface area contributed by atoms with Crippen LogP contribution < -0.4 is 5.73 Å². The molecule has 2 N–H and O–H groups in total. The van der Waals surface area contributed by atoms with Crippen molar-refractivity contribution in [3.8, 4) is 0 Å². The fourth-order valence-electron chi connectivity index (χ4n) is 3.38. The summed E-state index contributed by atoms with van der Waals surface area (Å²) in [7, 11) is 2.19. The number of aromatic nitrogens is 1. The van der Waals surface area contributed by atoms with Crippen molar-refractivity contribution in [2.75, 3.05) is 13.6 Å². The molecule has 1 aliphatic carbocycles. The number of rotatable bonds is 4. The summed E-state index contributed by atoms with van der Waals surface area (Å²) in [4.78, 5) is 7.18. The van der Waals surface area contributed by atoms with E-state index in [0.717, 1.165) is 24.3 Å². The molecular weight excluding hydrogens is 246 g/mol. The van der Waals surface area contributed by atoms with E-state index >= 15 is 0 Å². The Morgan fingerprint density at radius 3 is 2.65 bits per heavy atom. The third-order valence-corrected chi connectivity index (χ3v) is 4.78. The standard InChI is InChI=1S/C17H23N3/c1-20(17(13-18)10-4-5-11-17)12-15-9-8-14-6-2-3-7-16(14)19-15/h2-3,6-9H,4-5,10-13,18H2,1H3. The minimum atomic E-state index is 0.188. The van der Waals surface area contributed by atoms with Gasteiger partial charge in [-0.15, -0.1) is 0 Å². The fourth-order valence-corrected chi connectivity index (χ4v) is 3.38. The van der Waals surface area contributed by atoms with Gasteiger partial charge in [-0.25, -0.2) is 0 Å². The van der Waals surface area contributed by atoms with Crippen LogP contribution in [0.15, 0.2) is 36.4 Å². The Hall–Kier alpha value is -1.45. The lowest BCUT2D eigenvalue weighted by molar-refractivity contribution is 0.122. The summed E-state index contributed by atoms with van der Waals surface area (Å²) >= 11 is 0. The molecule has 1 aliphatic rings. The van der Waals surface area contributed by atoms with E-state index in [1.807, 2.05) is 6.07 Å². The lowest BCUT2D eigenvalue weighted by Crippen LogP contribution is -2.49. The molecule has 0 radical (unpaired) electrons. The molecule has 106 valence electrons. The summed E-state index contributed by atoms with van der Waals surface area (Å²) in [6, 6.07) is 12.6. The Morgan fingerprint density at radius 1 is 1.15 bits per heavy atom. The number of benzene rings is 1. The molecule has 1 aromatic heterocycles. The molecule has 0 saturated heterocycles. The summed E-state index contributed by atoms with van der Waals surface area (Å²) in [5, 5.41) is 1.20. The van der Waals surface area contributed by atoms with Crippen molar-refractivity contribution < 1.29 is 0 Å². The SMILES string of the molecule is CN(Cc1ccc2ccccc2n1)C1(CN)CCCC1. The Balaban J connectivity index is 1.81. The second-order valence-corrected chi connectivity index (χ2v) is 5.99. The van der Waals surface area contributed by atoms with Crippen LogP contribution in [-0.2, 0) is 6.54 Å². The van der Waals surface area contributed by atoms with Crippen LogP contribution in [0.4, 0.5) is 0 Å². The molecule has 1 fully saturated rings. The van der Waals surface area contributed by atoms with Gasteiger partial charge < -0.3 is 5.73 Å². The van der Waals surface area contributed by atoms with E-state index < -0.39 is 0 Å². The molecule has 0 atom stereocenters. The second-order valence-electron chi connectivity index (χ2n) is 5.99. The number of para-hydroxylation sites is 1. The van der Waals surface area contributed by atoms with Gasteiger partial charge in [0.05, 0.1) is 11.2 Å². The van der Waals surface area contributed by atoms with Crippen LogP contribution in [0.5, 0.6) is 0 Å². The highest BCUT2D eigenvalue weighted by Gasteiger charge is 2.36. The lowest BCUT2D eigenvalue weighted by atomic mass is 9.95. The van der Waals surface area contributed by atoms with E-state index in [1.54, 1.807) is 0 Å². The van der Waals surface area contributed by atoms with Gasteiger partial charge in [0.2, 0.25) is 0 Å². The monoisotopic (exact) mass is 269 g/mol. The third-order valence-electron chi connectivity index (χ3n) is 4.78. The molecule has 1 saturated carbocycles. The number of pyridine rings is 1. The van der Waals surface area contributed by atoms with Crippen LogP contribution in [-0.4, -0.2) is 29.0 Å².